The maximum atomic E-state index is 12.6. The van der Waals surface area contributed by atoms with Crippen LogP contribution in [0, 0.1) is 0 Å². The number of hydrogen-bond donors (Lipinski definition) is 1. The molecule has 0 radical (unpaired) electrons. The molecule has 6 rings (SSSR count). The van der Waals surface area contributed by atoms with E-state index in [1.54, 1.807) is 28.8 Å². The molecule has 1 saturated heterocycles. The van der Waals surface area contributed by atoms with Crippen molar-refractivity contribution in [2.24, 2.45) is 0 Å². The van der Waals surface area contributed by atoms with Crippen LogP contribution in [0.15, 0.2) is 66.9 Å². The van der Waals surface area contributed by atoms with E-state index in [0.29, 0.717) is 16.8 Å². The van der Waals surface area contributed by atoms with Gasteiger partial charge < -0.3 is 9.64 Å². The minimum Gasteiger partial charge on any atom is -0.378 e. The van der Waals surface area contributed by atoms with Crippen molar-refractivity contribution in [3.63, 3.8) is 0 Å². The summed E-state index contributed by atoms with van der Waals surface area (Å²) in [6.45, 7) is 2.74. The van der Waals surface area contributed by atoms with E-state index < -0.39 is 24.3 Å². The van der Waals surface area contributed by atoms with E-state index in [2.05, 4.69) is 32.4 Å². The molecule has 0 bridgehead atoms. The highest BCUT2D eigenvalue weighted by Crippen LogP contribution is 2.26. The van der Waals surface area contributed by atoms with Crippen molar-refractivity contribution in [1.29, 1.82) is 0 Å². The zero-order valence-electron chi connectivity index (χ0n) is 19.3. The van der Waals surface area contributed by atoms with Gasteiger partial charge in [-0.15, -0.1) is 5.10 Å². The molecule has 2 aliphatic rings. The first-order valence-corrected chi connectivity index (χ1v) is 11.6. The van der Waals surface area contributed by atoms with Crippen molar-refractivity contribution in [2.75, 3.05) is 43.1 Å². The van der Waals surface area contributed by atoms with Gasteiger partial charge in [0.1, 0.15) is 6.54 Å². The number of carbonyl (C=O) groups is 3. The van der Waals surface area contributed by atoms with Crippen LogP contribution in [0.1, 0.15) is 20.7 Å². The Morgan fingerprint density at radius 1 is 0.917 bits per heavy atom. The minimum absolute atomic E-state index is 0.0934. The molecule has 2 aromatic heterocycles. The van der Waals surface area contributed by atoms with Crippen LogP contribution in [0.5, 0.6) is 0 Å². The van der Waals surface area contributed by atoms with E-state index in [1.807, 2.05) is 30.5 Å². The molecule has 10 heteroatoms. The Labute approximate surface area is 206 Å². The molecule has 3 amide bonds. The molecule has 0 saturated carbocycles. The van der Waals surface area contributed by atoms with Crippen molar-refractivity contribution < 1.29 is 19.1 Å². The highest BCUT2D eigenvalue weighted by Gasteiger charge is 2.36. The molecule has 0 spiro atoms. The van der Waals surface area contributed by atoms with Gasteiger partial charge in [0.2, 0.25) is 11.9 Å². The number of morpholine rings is 1. The first-order chi connectivity index (χ1) is 17.6. The van der Waals surface area contributed by atoms with Gasteiger partial charge >= 0.3 is 0 Å². The Kier molecular flexibility index (Phi) is 5.42. The van der Waals surface area contributed by atoms with E-state index in [9.17, 15) is 14.4 Å². The standard InChI is InChI=1S/C26H22N6O4/c33-23(16-31-24(34)20-6-1-2-7-21(20)25(31)35)28-26-27-22-9-8-18(15-32(22)29-26)17-4-3-5-19(14-17)30-10-12-36-13-11-30/h1-9,14-15H,10-13,16H2,(H,28,29,33). The minimum atomic E-state index is -0.557. The van der Waals surface area contributed by atoms with Gasteiger partial charge in [0.05, 0.1) is 24.3 Å². The molecule has 2 aliphatic heterocycles. The SMILES string of the molecule is O=C(CN1C(=O)c2ccccc2C1=O)Nc1nc2ccc(-c3cccc(N4CCOCC4)c3)cn2n1. The number of anilines is 2. The van der Waals surface area contributed by atoms with Crippen molar-refractivity contribution in [3.8, 4) is 11.1 Å². The predicted octanol–water partition coefficient (Wildman–Crippen LogP) is 2.47. The molecule has 1 N–H and O–H groups in total. The first kappa shape index (κ1) is 21.9. The van der Waals surface area contributed by atoms with Gasteiger partial charge in [-0.3, -0.25) is 24.6 Å². The number of nitrogens with zero attached hydrogens (tertiary/aromatic N) is 5. The van der Waals surface area contributed by atoms with Gasteiger partial charge in [-0.05, 0) is 42.0 Å². The second-order valence-electron chi connectivity index (χ2n) is 8.60. The van der Waals surface area contributed by atoms with Crippen LogP contribution in [0.2, 0.25) is 0 Å². The second-order valence-corrected chi connectivity index (χ2v) is 8.60. The molecule has 36 heavy (non-hydrogen) atoms. The van der Waals surface area contributed by atoms with E-state index in [-0.39, 0.29) is 5.95 Å². The van der Waals surface area contributed by atoms with Gasteiger partial charge in [0, 0.05) is 30.5 Å². The van der Waals surface area contributed by atoms with Crippen LogP contribution >= 0.6 is 0 Å². The summed E-state index contributed by atoms with van der Waals surface area (Å²) in [6.07, 6.45) is 1.85. The molecule has 0 atom stereocenters. The van der Waals surface area contributed by atoms with Gasteiger partial charge in [0.15, 0.2) is 5.65 Å². The zero-order chi connectivity index (χ0) is 24.6. The number of benzene rings is 2. The number of carbonyl (C=O) groups excluding carboxylic acids is 3. The van der Waals surface area contributed by atoms with Gasteiger partial charge in [-0.1, -0.05) is 24.3 Å². The number of rotatable bonds is 5. The molecule has 0 unspecified atom stereocenters. The lowest BCUT2D eigenvalue weighted by atomic mass is 10.1. The maximum Gasteiger partial charge on any atom is 0.262 e. The summed E-state index contributed by atoms with van der Waals surface area (Å²) in [7, 11) is 0. The van der Waals surface area contributed by atoms with E-state index in [0.717, 1.165) is 48.0 Å². The largest absolute Gasteiger partial charge is 0.378 e. The molecule has 4 aromatic rings. The fourth-order valence-corrected chi connectivity index (χ4v) is 4.50. The highest BCUT2D eigenvalue weighted by molar-refractivity contribution is 6.22. The lowest BCUT2D eigenvalue weighted by Crippen LogP contribution is -2.37. The lowest BCUT2D eigenvalue weighted by molar-refractivity contribution is -0.116. The van der Waals surface area contributed by atoms with E-state index in [1.165, 1.54) is 0 Å². The highest BCUT2D eigenvalue weighted by atomic mass is 16.5. The zero-order valence-corrected chi connectivity index (χ0v) is 19.3. The summed E-state index contributed by atoms with van der Waals surface area (Å²) in [6, 6.07) is 18.6. The van der Waals surface area contributed by atoms with Crippen LogP contribution in [0.4, 0.5) is 11.6 Å². The monoisotopic (exact) mass is 482 g/mol. The fraction of sp³-hybridized carbons (Fsp3) is 0.192. The number of pyridine rings is 1. The molecule has 10 nitrogen and oxygen atoms in total. The molecule has 2 aromatic carbocycles. The fourth-order valence-electron chi connectivity index (χ4n) is 4.50. The third-order valence-corrected chi connectivity index (χ3v) is 6.32. The normalized spacial score (nSPS) is 15.4. The van der Waals surface area contributed by atoms with Crippen molar-refractivity contribution in [3.05, 3.63) is 78.0 Å². The molecule has 0 aliphatic carbocycles. The second kappa shape index (κ2) is 8.90. The van der Waals surface area contributed by atoms with Crippen LogP contribution < -0.4 is 10.2 Å². The third-order valence-electron chi connectivity index (χ3n) is 6.32. The Hall–Kier alpha value is -4.57. The number of ether oxygens (including phenoxy) is 1. The number of hydrogen-bond acceptors (Lipinski definition) is 7. The smallest absolute Gasteiger partial charge is 0.262 e. The summed E-state index contributed by atoms with van der Waals surface area (Å²) >= 11 is 0. The quantitative estimate of drug-likeness (QED) is 0.435. The summed E-state index contributed by atoms with van der Waals surface area (Å²) in [5.74, 6) is -1.44. The summed E-state index contributed by atoms with van der Waals surface area (Å²) in [4.78, 5) is 45.2. The average Bonchev–Trinajstić information content (AvgIpc) is 3.42. The van der Waals surface area contributed by atoms with E-state index in [4.69, 9.17) is 4.74 Å². The average molecular weight is 483 g/mol. The molecular formula is C26H22N6O4. The number of aromatic nitrogens is 3. The third kappa shape index (κ3) is 3.97. The van der Waals surface area contributed by atoms with Crippen molar-refractivity contribution >= 4 is 35.0 Å². The van der Waals surface area contributed by atoms with Crippen molar-refractivity contribution in [1.82, 2.24) is 19.5 Å². The Balaban J connectivity index is 1.18. The van der Waals surface area contributed by atoms with Crippen LogP contribution in [-0.4, -0.2) is 70.1 Å². The number of amides is 3. The first-order valence-electron chi connectivity index (χ1n) is 11.6. The van der Waals surface area contributed by atoms with Crippen molar-refractivity contribution in [2.45, 2.75) is 0 Å². The molecule has 1 fully saturated rings. The van der Waals surface area contributed by atoms with E-state index >= 15 is 0 Å². The van der Waals surface area contributed by atoms with Crippen LogP contribution in [-0.2, 0) is 9.53 Å². The number of fused-ring (bicyclic) bond motifs is 2. The lowest BCUT2D eigenvalue weighted by Gasteiger charge is -2.29. The van der Waals surface area contributed by atoms with Crippen LogP contribution in [0.25, 0.3) is 16.8 Å². The Morgan fingerprint density at radius 2 is 1.67 bits per heavy atom. The summed E-state index contributed by atoms with van der Waals surface area (Å²) < 4.78 is 7.04. The molecule has 180 valence electrons. The number of nitrogens with one attached hydrogen (secondary N) is 1. The Morgan fingerprint density at radius 3 is 2.42 bits per heavy atom. The van der Waals surface area contributed by atoms with Gasteiger partial charge in [0.25, 0.3) is 11.8 Å². The molecule has 4 heterocycles. The summed E-state index contributed by atoms with van der Waals surface area (Å²) in [5.41, 5.74) is 4.27. The Bertz CT molecular complexity index is 1470. The molecular weight excluding hydrogens is 460 g/mol. The topological polar surface area (TPSA) is 109 Å². The van der Waals surface area contributed by atoms with Gasteiger partial charge in [-0.25, -0.2) is 4.52 Å². The van der Waals surface area contributed by atoms with Gasteiger partial charge in [-0.2, -0.15) is 4.98 Å². The van der Waals surface area contributed by atoms with Crippen LogP contribution in [0.3, 0.4) is 0 Å². The number of imide groups is 1. The predicted molar refractivity (Wildman–Crippen MR) is 132 cm³/mol. The summed E-state index contributed by atoms with van der Waals surface area (Å²) in [5, 5.41) is 6.95. The maximum absolute atomic E-state index is 12.6.